The predicted octanol–water partition coefficient (Wildman–Crippen LogP) is 11.0. The van der Waals surface area contributed by atoms with Crippen LogP contribution in [0.4, 0.5) is 17.1 Å². The Kier molecular flexibility index (Phi) is 9.64. The molecule has 0 spiro atoms. The molecule has 0 fully saturated rings. The van der Waals surface area contributed by atoms with E-state index in [4.69, 9.17) is 28.4 Å². The number of rotatable bonds is 9. The third kappa shape index (κ3) is 7.50. The fraction of sp³-hybridized carbons (Fsp3) is 0.125. The fourth-order valence-corrected chi connectivity index (χ4v) is 6.89. The predicted molar refractivity (Wildman–Crippen MR) is 220 cm³/mol. The van der Waals surface area contributed by atoms with Crippen molar-refractivity contribution in [3.05, 3.63) is 161 Å². The number of ether oxygens (including phenoxy) is 6. The van der Waals surface area contributed by atoms with Gasteiger partial charge in [-0.1, -0.05) is 109 Å². The van der Waals surface area contributed by atoms with E-state index in [1.54, 1.807) is 0 Å². The van der Waals surface area contributed by atoms with Crippen LogP contribution in [0.2, 0.25) is 0 Å². The summed E-state index contributed by atoms with van der Waals surface area (Å²) < 4.78 is 35.1. The molecule has 6 aromatic rings. The van der Waals surface area contributed by atoms with E-state index in [1.165, 1.54) is 0 Å². The minimum absolute atomic E-state index is 0.551. The van der Waals surface area contributed by atoms with E-state index in [0.717, 1.165) is 84.9 Å². The van der Waals surface area contributed by atoms with Crippen molar-refractivity contribution in [3.8, 4) is 34.5 Å². The van der Waals surface area contributed by atoms with Crippen LogP contribution in [0.15, 0.2) is 127 Å². The zero-order valence-corrected chi connectivity index (χ0v) is 30.2. The van der Waals surface area contributed by atoms with E-state index in [-0.39, 0.29) is 0 Å². The Balaban J connectivity index is 0.993. The smallest absolute Gasteiger partial charge is 0.168 e. The third-order valence-corrected chi connectivity index (χ3v) is 9.61. The molecule has 0 saturated carbocycles. The second-order valence-electron chi connectivity index (χ2n) is 13.2. The van der Waals surface area contributed by atoms with Crippen LogP contribution in [0.25, 0.3) is 36.5 Å². The van der Waals surface area contributed by atoms with Crippen LogP contribution in [-0.2, 0) is 0 Å². The fourth-order valence-electron chi connectivity index (χ4n) is 6.89. The number of nitrogens with zero attached hydrogens (tertiary/aromatic N) is 1. The van der Waals surface area contributed by atoms with Crippen LogP contribution in [0, 0.1) is 0 Å². The van der Waals surface area contributed by atoms with Gasteiger partial charge in [0.2, 0.25) is 0 Å². The molecular weight excluding hydrogens is 687 g/mol. The molecule has 272 valence electrons. The van der Waals surface area contributed by atoms with Crippen LogP contribution in [0.1, 0.15) is 33.4 Å². The number of benzene rings is 6. The molecular formula is C48H39NO6. The molecule has 7 heteroatoms. The zero-order valence-electron chi connectivity index (χ0n) is 30.2. The van der Waals surface area contributed by atoms with Gasteiger partial charge in [-0.15, -0.1) is 0 Å². The summed E-state index contributed by atoms with van der Waals surface area (Å²) in [5.41, 5.74) is 9.33. The Hall–Kier alpha value is -6.86. The van der Waals surface area contributed by atoms with Crippen molar-refractivity contribution in [1.29, 1.82) is 0 Å². The molecule has 0 radical (unpaired) electrons. The lowest BCUT2D eigenvalue weighted by Gasteiger charge is -2.26. The average Bonchev–Trinajstić information content (AvgIpc) is 3.25. The lowest BCUT2D eigenvalue weighted by Crippen LogP contribution is -2.15. The maximum absolute atomic E-state index is 5.92. The number of hydrogen-bond acceptors (Lipinski definition) is 7. The molecule has 3 heterocycles. The maximum Gasteiger partial charge on any atom is 0.168 e. The third-order valence-electron chi connectivity index (χ3n) is 9.61. The van der Waals surface area contributed by atoms with Crippen LogP contribution >= 0.6 is 0 Å². The van der Waals surface area contributed by atoms with Gasteiger partial charge in [-0.25, -0.2) is 0 Å². The van der Waals surface area contributed by atoms with E-state index < -0.39 is 0 Å². The Morgan fingerprint density at radius 1 is 0.309 bits per heavy atom. The Labute approximate surface area is 320 Å². The largest absolute Gasteiger partial charge is 0.486 e. The SMILES string of the molecule is C(=C\c1cccc2c1OCCO2)/c1ccc(N(c2ccc(/C=C/c3cccc4c3OCCO4)cc2)c2ccc(/C=C/c3cccc4c3OCCO4)cc2)cc1. The second-order valence-corrected chi connectivity index (χ2v) is 13.2. The first kappa shape index (κ1) is 33.9. The molecule has 0 N–H and O–H groups in total. The van der Waals surface area contributed by atoms with Crippen LogP contribution in [0.3, 0.4) is 0 Å². The molecule has 0 bridgehead atoms. The minimum atomic E-state index is 0.551. The number of anilines is 3. The van der Waals surface area contributed by atoms with Gasteiger partial charge < -0.3 is 33.3 Å². The summed E-state index contributed by atoms with van der Waals surface area (Å²) in [6.45, 7) is 3.36. The van der Waals surface area contributed by atoms with Crippen LogP contribution < -0.4 is 33.3 Å². The molecule has 7 nitrogen and oxygen atoms in total. The van der Waals surface area contributed by atoms with Gasteiger partial charge in [0.25, 0.3) is 0 Å². The normalized spacial score (nSPS) is 14.4. The van der Waals surface area contributed by atoms with E-state index in [0.29, 0.717) is 39.6 Å². The van der Waals surface area contributed by atoms with Gasteiger partial charge in [0.05, 0.1) is 0 Å². The maximum atomic E-state index is 5.92. The first-order valence-corrected chi connectivity index (χ1v) is 18.6. The molecule has 0 aromatic heterocycles. The van der Waals surface area contributed by atoms with Crippen molar-refractivity contribution in [2.75, 3.05) is 44.5 Å². The van der Waals surface area contributed by atoms with Crippen molar-refractivity contribution < 1.29 is 28.4 Å². The highest BCUT2D eigenvalue weighted by atomic mass is 16.6. The summed E-state index contributed by atoms with van der Waals surface area (Å²) in [5.74, 6) is 4.73. The van der Waals surface area contributed by atoms with Crippen molar-refractivity contribution >= 4 is 53.5 Å². The van der Waals surface area contributed by atoms with Crippen molar-refractivity contribution in [2.45, 2.75) is 0 Å². The highest BCUT2D eigenvalue weighted by Gasteiger charge is 2.17. The highest BCUT2D eigenvalue weighted by Crippen LogP contribution is 2.39. The lowest BCUT2D eigenvalue weighted by molar-refractivity contribution is 0.171. The molecule has 3 aliphatic rings. The average molecular weight is 726 g/mol. The van der Waals surface area contributed by atoms with Gasteiger partial charge in [0.15, 0.2) is 34.5 Å². The summed E-state index contributed by atoms with van der Waals surface area (Å²) in [6, 6.07) is 43.7. The number of hydrogen-bond donors (Lipinski definition) is 0. The van der Waals surface area contributed by atoms with E-state index in [1.807, 2.05) is 54.6 Å². The molecule has 0 saturated heterocycles. The summed E-state index contributed by atoms with van der Waals surface area (Å²) in [7, 11) is 0. The van der Waals surface area contributed by atoms with Crippen molar-refractivity contribution in [1.82, 2.24) is 0 Å². The molecule has 9 rings (SSSR count). The molecule has 55 heavy (non-hydrogen) atoms. The van der Waals surface area contributed by atoms with Crippen LogP contribution in [0.5, 0.6) is 34.5 Å². The van der Waals surface area contributed by atoms with E-state index in [2.05, 4.69) is 114 Å². The summed E-state index contributed by atoms with van der Waals surface area (Å²) in [4.78, 5) is 2.27. The standard InChI is InChI=1S/C48H39NO6/c1-4-37(46-43(7-1)50-28-31-53-46)19-10-34-13-22-40(23-14-34)49(41-24-15-35(16-25-41)11-20-38-5-2-8-44-47(38)54-32-29-51-44)42-26-17-36(18-27-42)12-21-39-6-3-9-45-48(39)55-33-30-52-45/h1-27H,28-33H2/b19-10+,20-11+,21-12+. The molecule has 6 aromatic carbocycles. The Morgan fingerprint density at radius 3 is 0.909 bits per heavy atom. The summed E-state index contributed by atoms with van der Waals surface area (Å²) >= 11 is 0. The van der Waals surface area contributed by atoms with Crippen molar-refractivity contribution in [3.63, 3.8) is 0 Å². The molecule has 3 aliphatic heterocycles. The van der Waals surface area contributed by atoms with Crippen molar-refractivity contribution in [2.24, 2.45) is 0 Å². The van der Waals surface area contributed by atoms with Gasteiger partial charge >= 0.3 is 0 Å². The topological polar surface area (TPSA) is 58.6 Å². The quantitative estimate of drug-likeness (QED) is 0.138. The number of para-hydroxylation sites is 3. The molecule has 0 aliphatic carbocycles. The molecule has 0 unspecified atom stereocenters. The Morgan fingerprint density at radius 2 is 0.600 bits per heavy atom. The monoisotopic (exact) mass is 725 g/mol. The van der Waals surface area contributed by atoms with Gasteiger partial charge in [0.1, 0.15) is 39.6 Å². The zero-order chi connectivity index (χ0) is 36.8. The van der Waals surface area contributed by atoms with Gasteiger partial charge in [-0.05, 0) is 71.3 Å². The van der Waals surface area contributed by atoms with Gasteiger partial charge in [-0.2, -0.15) is 0 Å². The van der Waals surface area contributed by atoms with Crippen LogP contribution in [-0.4, -0.2) is 39.6 Å². The van der Waals surface area contributed by atoms with Gasteiger partial charge in [-0.3, -0.25) is 0 Å². The summed E-state index contributed by atoms with van der Waals surface area (Å²) in [6.07, 6.45) is 12.5. The molecule has 0 atom stereocenters. The Bertz CT molecular complexity index is 2110. The lowest BCUT2D eigenvalue weighted by atomic mass is 10.1. The summed E-state index contributed by atoms with van der Waals surface area (Å²) in [5, 5.41) is 0. The van der Waals surface area contributed by atoms with Gasteiger partial charge in [0, 0.05) is 33.8 Å². The minimum Gasteiger partial charge on any atom is -0.486 e. The first-order chi connectivity index (χ1) is 27.2. The first-order valence-electron chi connectivity index (χ1n) is 18.6. The van der Waals surface area contributed by atoms with E-state index in [9.17, 15) is 0 Å². The second kappa shape index (κ2) is 15.6. The number of fused-ring (bicyclic) bond motifs is 3. The van der Waals surface area contributed by atoms with E-state index >= 15 is 0 Å². The molecule has 0 amide bonds. The highest BCUT2D eigenvalue weighted by molar-refractivity contribution is 5.82.